The predicted molar refractivity (Wildman–Crippen MR) is 114 cm³/mol. The van der Waals surface area contributed by atoms with Gasteiger partial charge in [0.1, 0.15) is 5.52 Å². The molecule has 0 aliphatic carbocycles. The Morgan fingerprint density at radius 2 is 2.00 bits per heavy atom. The summed E-state index contributed by atoms with van der Waals surface area (Å²) in [7, 11) is 0. The first kappa shape index (κ1) is 17.3. The lowest BCUT2D eigenvalue weighted by atomic mass is 9.95. The molecule has 0 radical (unpaired) electrons. The zero-order valence-corrected chi connectivity index (χ0v) is 17.3. The Bertz CT molecular complexity index is 1090. The van der Waals surface area contributed by atoms with Crippen molar-refractivity contribution in [2.24, 2.45) is 5.92 Å². The van der Waals surface area contributed by atoms with Gasteiger partial charge in [0, 0.05) is 18.1 Å². The highest BCUT2D eigenvalue weighted by Gasteiger charge is 2.22. The fourth-order valence-electron chi connectivity index (χ4n) is 4.10. The lowest BCUT2D eigenvalue weighted by molar-refractivity contribution is 0.340. The molecule has 27 heavy (non-hydrogen) atoms. The van der Waals surface area contributed by atoms with E-state index in [1.807, 2.05) is 11.6 Å². The molecule has 1 N–H and O–H groups in total. The quantitative estimate of drug-likeness (QED) is 0.539. The Balaban J connectivity index is 1.68. The SMILES string of the molecule is Cc1csc2c1nc(C)c1nc(-c3nccs3)n(CCC3CCNCC3)c12. The van der Waals surface area contributed by atoms with Gasteiger partial charge in [-0.3, -0.25) is 0 Å². The van der Waals surface area contributed by atoms with Crippen LogP contribution >= 0.6 is 22.7 Å². The molecular weight excluding hydrogens is 374 g/mol. The van der Waals surface area contributed by atoms with E-state index in [9.17, 15) is 0 Å². The molecule has 0 unspecified atom stereocenters. The molecule has 4 aromatic heterocycles. The van der Waals surface area contributed by atoms with Crippen LogP contribution in [0.15, 0.2) is 17.0 Å². The Hall–Kier alpha value is -1.83. The lowest BCUT2D eigenvalue weighted by Crippen LogP contribution is -2.28. The van der Waals surface area contributed by atoms with E-state index < -0.39 is 0 Å². The second-order valence-electron chi connectivity index (χ2n) is 7.40. The molecule has 1 aliphatic rings. The molecule has 7 heteroatoms. The van der Waals surface area contributed by atoms with Crippen molar-refractivity contribution in [1.29, 1.82) is 0 Å². The van der Waals surface area contributed by atoms with Crippen molar-refractivity contribution in [2.45, 2.75) is 39.7 Å². The van der Waals surface area contributed by atoms with E-state index in [1.54, 1.807) is 22.7 Å². The van der Waals surface area contributed by atoms with Gasteiger partial charge in [-0.1, -0.05) is 0 Å². The average Bonchev–Trinajstić information content (AvgIpc) is 3.40. The molecular formula is C20H23N5S2. The van der Waals surface area contributed by atoms with Crippen molar-refractivity contribution in [3.05, 3.63) is 28.2 Å². The highest BCUT2D eigenvalue weighted by atomic mass is 32.1. The second-order valence-corrected chi connectivity index (χ2v) is 9.17. The van der Waals surface area contributed by atoms with Gasteiger partial charge in [0.2, 0.25) is 0 Å². The summed E-state index contributed by atoms with van der Waals surface area (Å²) < 4.78 is 3.68. The first-order chi connectivity index (χ1) is 13.2. The van der Waals surface area contributed by atoms with Crippen LogP contribution in [-0.2, 0) is 6.54 Å². The topological polar surface area (TPSA) is 55.6 Å². The third-order valence-electron chi connectivity index (χ3n) is 5.59. The summed E-state index contributed by atoms with van der Waals surface area (Å²) in [5, 5.41) is 8.71. The third kappa shape index (κ3) is 2.98. The minimum absolute atomic E-state index is 0.788. The van der Waals surface area contributed by atoms with Gasteiger partial charge in [0.15, 0.2) is 10.8 Å². The molecule has 5 heterocycles. The molecule has 1 saturated heterocycles. The second kappa shape index (κ2) is 6.96. The zero-order chi connectivity index (χ0) is 18.4. The number of nitrogens with zero attached hydrogens (tertiary/aromatic N) is 4. The molecule has 5 nitrogen and oxygen atoms in total. The number of hydrogen-bond donors (Lipinski definition) is 1. The van der Waals surface area contributed by atoms with E-state index in [0.29, 0.717) is 0 Å². The van der Waals surface area contributed by atoms with Crippen molar-refractivity contribution in [3.8, 4) is 10.8 Å². The number of rotatable bonds is 4. The molecule has 4 aromatic rings. The van der Waals surface area contributed by atoms with E-state index in [1.165, 1.54) is 35.0 Å². The van der Waals surface area contributed by atoms with Gasteiger partial charge in [-0.2, -0.15) is 0 Å². The van der Waals surface area contributed by atoms with E-state index in [-0.39, 0.29) is 0 Å². The number of fused-ring (bicyclic) bond motifs is 3. The highest BCUT2D eigenvalue weighted by Crippen LogP contribution is 2.36. The summed E-state index contributed by atoms with van der Waals surface area (Å²) in [5.74, 6) is 1.79. The number of aryl methyl sites for hydroxylation is 3. The van der Waals surface area contributed by atoms with E-state index >= 15 is 0 Å². The summed E-state index contributed by atoms with van der Waals surface area (Å²) in [6.07, 6.45) is 5.60. The van der Waals surface area contributed by atoms with E-state index in [4.69, 9.17) is 9.97 Å². The normalized spacial score (nSPS) is 15.9. The van der Waals surface area contributed by atoms with Crippen LogP contribution < -0.4 is 5.32 Å². The molecule has 1 fully saturated rings. The Morgan fingerprint density at radius 3 is 2.78 bits per heavy atom. The summed E-state index contributed by atoms with van der Waals surface area (Å²) in [6, 6.07) is 0. The van der Waals surface area contributed by atoms with Crippen LogP contribution in [0.2, 0.25) is 0 Å². The molecule has 1 aliphatic heterocycles. The van der Waals surface area contributed by atoms with Crippen molar-refractivity contribution in [1.82, 2.24) is 24.8 Å². The van der Waals surface area contributed by atoms with E-state index in [0.717, 1.165) is 53.1 Å². The number of hydrogen-bond acceptors (Lipinski definition) is 6. The van der Waals surface area contributed by atoms with Crippen molar-refractivity contribution >= 4 is 43.9 Å². The minimum atomic E-state index is 0.788. The smallest absolute Gasteiger partial charge is 0.170 e. The van der Waals surface area contributed by atoms with Gasteiger partial charge < -0.3 is 9.88 Å². The fraction of sp³-hybridized carbons (Fsp3) is 0.450. The summed E-state index contributed by atoms with van der Waals surface area (Å²) in [4.78, 5) is 14.4. The summed E-state index contributed by atoms with van der Waals surface area (Å²) >= 11 is 3.45. The summed E-state index contributed by atoms with van der Waals surface area (Å²) in [5.41, 5.74) is 5.66. The van der Waals surface area contributed by atoms with E-state index in [2.05, 4.69) is 34.1 Å². The highest BCUT2D eigenvalue weighted by molar-refractivity contribution is 7.18. The lowest BCUT2D eigenvalue weighted by Gasteiger charge is -2.23. The minimum Gasteiger partial charge on any atom is -0.321 e. The van der Waals surface area contributed by atoms with Crippen LogP contribution in [0, 0.1) is 19.8 Å². The van der Waals surface area contributed by atoms with Gasteiger partial charge in [0.05, 0.1) is 21.4 Å². The predicted octanol–water partition coefficient (Wildman–Crippen LogP) is 4.78. The number of thiophene rings is 1. The van der Waals surface area contributed by atoms with Crippen LogP contribution in [0.4, 0.5) is 0 Å². The largest absolute Gasteiger partial charge is 0.321 e. The number of nitrogens with one attached hydrogen (secondary N) is 1. The van der Waals surface area contributed by atoms with Crippen molar-refractivity contribution in [3.63, 3.8) is 0 Å². The van der Waals surface area contributed by atoms with Crippen LogP contribution in [-0.4, -0.2) is 32.6 Å². The molecule has 0 atom stereocenters. The van der Waals surface area contributed by atoms with Crippen molar-refractivity contribution in [2.75, 3.05) is 13.1 Å². The number of thiazole rings is 1. The molecule has 0 saturated carbocycles. The molecule has 0 aromatic carbocycles. The standard InChI is InChI=1S/C20H23N5S2/c1-12-11-27-18-15(12)23-13(2)16-17(18)25(9-5-14-3-6-21-7-4-14)19(24-16)20-22-8-10-26-20/h8,10-11,14,21H,3-7,9H2,1-2H3. The molecule has 0 bridgehead atoms. The number of piperidine rings is 1. The van der Waals surface area contributed by atoms with Crippen LogP contribution in [0.25, 0.3) is 32.1 Å². The average molecular weight is 398 g/mol. The van der Waals surface area contributed by atoms with Gasteiger partial charge >= 0.3 is 0 Å². The van der Waals surface area contributed by atoms with Gasteiger partial charge in [0.25, 0.3) is 0 Å². The summed E-state index contributed by atoms with van der Waals surface area (Å²) in [6.45, 7) is 7.51. The van der Waals surface area contributed by atoms with Crippen LogP contribution in [0.3, 0.4) is 0 Å². The zero-order valence-electron chi connectivity index (χ0n) is 15.7. The monoisotopic (exact) mass is 397 g/mol. The van der Waals surface area contributed by atoms with Gasteiger partial charge in [-0.05, 0) is 63.1 Å². The maximum atomic E-state index is 5.02. The Labute approximate surface area is 166 Å². The van der Waals surface area contributed by atoms with Crippen molar-refractivity contribution < 1.29 is 0 Å². The number of aromatic nitrogens is 4. The molecule has 0 spiro atoms. The first-order valence-electron chi connectivity index (χ1n) is 9.57. The Morgan fingerprint density at radius 1 is 1.15 bits per heavy atom. The Kier molecular flexibility index (Phi) is 4.46. The maximum Gasteiger partial charge on any atom is 0.170 e. The van der Waals surface area contributed by atoms with Gasteiger partial charge in [-0.25, -0.2) is 15.0 Å². The number of pyridine rings is 1. The van der Waals surface area contributed by atoms with Crippen LogP contribution in [0.1, 0.15) is 30.5 Å². The molecule has 140 valence electrons. The molecule has 5 rings (SSSR count). The first-order valence-corrected chi connectivity index (χ1v) is 11.3. The third-order valence-corrected chi connectivity index (χ3v) is 7.45. The fourth-order valence-corrected chi connectivity index (χ4v) is 5.77. The maximum absolute atomic E-state index is 5.02. The van der Waals surface area contributed by atoms with Crippen LogP contribution in [0.5, 0.6) is 0 Å². The van der Waals surface area contributed by atoms with Gasteiger partial charge in [-0.15, -0.1) is 22.7 Å². The number of imidazole rings is 1. The molecule has 0 amide bonds.